The molecule has 0 bridgehead atoms. The van der Waals surface area contributed by atoms with Gasteiger partial charge in [0, 0.05) is 18.1 Å². The Morgan fingerprint density at radius 1 is 0.719 bits per heavy atom. The van der Waals surface area contributed by atoms with Gasteiger partial charge in [0.05, 0.1) is 25.4 Å². The van der Waals surface area contributed by atoms with Crippen molar-refractivity contribution in [3.05, 3.63) is 0 Å². The van der Waals surface area contributed by atoms with E-state index in [0.29, 0.717) is 12.2 Å². The van der Waals surface area contributed by atoms with Crippen LogP contribution in [-0.2, 0) is 43.2 Å². The summed E-state index contributed by atoms with van der Waals surface area (Å²) in [6.07, 6.45) is 0.844. The number of thiol groups is 2. The Labute approximate surface area is 344 Å². The van der Waals surface area contributed by atoms with Gasteiger partial charge >= 0.3 is 5.97 Å². The minimum absolute atomic E-state index is 0.0136. The number of aliphatic hydroxyl groups is 3. The fraction of sp³-hybridized carbons (Fsp3) is 0.719. The number of carboxylic acid groups (broad SMARTS) is 1. The van der Waals surface area contributed by atoms with Gasteiger partial charge in [0.15, 0.2) is 0 Å². The molecular formula is C32H55N9O13S3. The van der Waals surface area contributed by atoms with Gasteiger partial charge in [-0.15, -0.1) is 0 Å². The van der Waals surface area contributed by atoms with Crippen molar-refractivity contribution < 1.29 is 63.6 Å². The number of nitrogens with two attached hydrogens (primary N) is 1. The van der Waals surface area contributed by atoms with E-state index in [9.17, 15) is 63.6 Å². The molecule has 0 radical (unpaired) electrons. The zero-order valence-corrected chi connectivity index (χ0v) is 34.5. The molecule has 1 saturated heterocycles. The molecule has 324 valence electrons. The lowest BCUT2D eigenvalue weighted by Crippen LogP contribution is -2.62. The Balaban J connectivity index is 3.00. The molecule has 1 aliphatic heterocycles. The van der Waals surface area contributed by atoms with E-state index in [2.05, 4.69) is 62.5 Å². The Hall–Kier alpha value is -3.88. The molecule has 0 aromatic rings. The van der Waals surface area contributed by atoms with E-state index < -0.39 is 127 Å². The lowest BCUT2D eigenvalue weighted by Gasteiger charge is -2.29. The fourth-order valence-corrected chi connectivity index (χ4v) is 6.12. The monoisotopic (exact) mass is 869 g/mol. The van der Waals surface area contributed by atoms with Gasteiger partial charge in [0.25, 0.3) is 0 Å². The molecule has 22 nitrogen and oxygen atoms in total. The fourth-order valence-electron chi connectivity index (χ4n) is 5.23. The lowest BCUT2D eigenvalue weighted by atomic mass is 10.1. The van der Waals surface area contributed by atoms with Gasteiger partial charge in [-0.2, -0.15) is 37.0 Å². The SMILES string of the molecule is CSCC[C@H](NC(=O)[C@H](CO)NC(=O)[C@@H](NC(=O)[C@H](CO)NC(=O)[C@H](C)NC(=O)[C@@H](N)CS)[C@@H](C)O)C(=O)N[C@@H](C)C(=O)N1CCC[C@H]1C(=O)N[C@@H](CS)C(=O)O. The van der Waals surface area contributed by atoms with Crippen molar-refractivity contribution in [2.75, 3.05) is 43.3 Å². The van der Waals surface area contributed by atoms with Crippen molar-refractivity contribution in [1.29, 1.82) is 0 Å². The summed E-state index contributed by atoms with van der Waals surface area (Å²) in [5.41, 5.74) is 5.57. The second-order valence-electron chi connectivity index (χ2n) is 13.1. The highest BCUT2D eigenvalue weighted by atomic mass is 32.2. The number of likely N-dealkylation sites (tertiary alicyclic amines) is 1. The average Bonchev–Trinajstić information content (AvgIpc) is 3.67. The molecule has 1 fully saturated rings. The molecule has 0 aromatic carbocycles. The number of carboxylic acids is 1. The summed E-state index contributed by atoms with van der Waals surface area (Å²) in [4.78, 5) is 116. The first-order valence-corrected chi connectivity index (χ1v) is 20.5. The highest BCUT2D eigenvalue weighted by molar-refractivity contribution is 7.98. The number of carbonyl (C=O) groups excluding carboxylic acids is 8. The van der Waals surface area contributed by atoms with Gasteiger partial charge in [-0.25, -0.2) is 4.79 Å². The van der Waals surface area contributed by atoms with Gasteiger partial charge in [0.2, 0.25) is 47.3 Å². The van der Waals surface area contributed by atoms with Crippen LogP contribution in [-0.4, -0.2) is 182 Å². The van der Waals surface area contributed by atoms with E-state index in [0.717, 1.165) is 6.92 Å². The van der Waals surface area contributed by atoms with Crippen LogP contribution >= 0.6 is 37.0 Å². The highest BCUT2D eigenvalue weighted by Crippen LogP contribution is 2.19. The number of rotatable bonds is 24. The summed E-state index contributed by atoms with van der Waals surface area (Å²) in [7, 11) is 0. The predicted octanol–water partition coefficient (Wildman–Crippen LogP) is -6.20. The van der Waals surface area contributed by atoms with Crippen LogP contribution in [0.3, 0.4) is 0 Å². The summed E-state index contributed by atoms with van der Waals surface area (Å²) >= 11 is 9.15. The molecule has 1 rings (SSSR count). The topological polar surface area (TPSA) is 348 Å². The first kappa shape index (κ1) is 51.1. The highest BCUT2D eigenvalue weighted by Gasteiger charge is 2.39. The normalized spacial score (nSPS) is 18.5. The third kappa shape index (κ3) is 16.1. The lowest BCUT2D eigenvalue weighted by molar-refractivity contribution is -0.144. The number of nitrogens with one attached hydrogen (secondary N) is 7. The van der Waals surface area contributed by atoms with Crippen LogP contribution in [0.2, 0.25) is 0 Å². The summed E-state index contributed by atoms with van der Waals surface area (Å²) in [6.45, 7) is 1.95. The van der Waals surface area contributed by atoms with Crippen molar-refractivity contribution in [2.45, 2.75) is 101 Å². The summed E-state index contributed by atoms with van der Waals surface area (Å²) in [5, 5.41) is 55.4. The smallest absolute Gasteiger partial charge is 0.327 e. The number of carbonyl (C=O) groups is 9. The molecule has 10 atom stereocenters. The van der Waals surface area contributed by atoms with Crippen LogP contribution in [0.1, 0.15) is 40.0 Å². The molecule has 25 heteroatoms. The summed E-state index contributed by atoms with van der Waals surface area (Å²) < 4.78 is 0. The number of aliphatic hydroxyl groups excluding tert-OH is 3. The van der Waals surface area contributed by atoms with E-state index in [1.165, 1.54) is 30.5 Å². The maximum absolute atomic E-state index is 13.4. The van der Waals surface area contributed by atoms with Crippen LogP contribution in [0.15, 0.2) is 0 Å². The third-order valence-electron chi connectivity index (χ3n) is 8.59. The third-order valence-corrected chi connectivity index (χ3v) is 9.99. The standard InChI is InChI=1S/C32H55N9O13S3/c1-14(34-25(46)17(33)12-55)24(45)37-20(11-43)28(49)40-23(16(3)44)30(51)38-19(10-42)27(48)36-18(7-9-57-4)26(47)35-15(2)31(52)41-8-5-6-22(41)29(50)39-21(13-56)32(53)54/h14-23,42-44,55-56H,5-13,33H2,1-4H3,(H,34,46)(H,35,47)(H,36,48)(H,37,45)(H,38,51)(H,39,50)(H,40,49)(H,53,54)/t14-,15-,16+,17-,18-,19-,20-,21-,22-,23-/m0/s1. The van der Waals surface area contributed by atoms with E-state index >= 15 is 0 Å². The Morgan fingerprint density at radius 3 is 1.75 bits per heavy atom. The molecule has 13 N–H and O–H groups in total. The maximum atomic E-state index is 13.4. The number of nitrogens with zero attached hydrogens (tertiary/aromatic N) is 1. The zero-order chi connectivity index (χ0) is 43.6. The van der Waals surface area contributed by atoms with E-state index in [4.69, 9.17) is 5.73 Å². The molecule has 8 amide bonds. The Kier molecular flexibility index (Phi) is 22.9. The molecule has 0 spiro atoms. The zero-order valence-electron chi connectivity index (χ0n) is 31.9. The van der Waals surface area contributed by atoms with Crippen molar-refractivity contribution >= 4 is 90.2 Å². The van der Waals surface area contributed by atoms with Crippen molar-refractivity contribution in [3.63, 3.8) is 0 Å². The van der Waals surface area contributed by atoms with E-state index in [1.54, 1.807) is 6.26 Å². The second-order valence-corrected chi connectivity index (χ2v) is 14.8. The molecule has 0 saturated carbocycles. The number of hydrogen-bond donors (Lipinski definition) is 14. The van der Waals surface area contributed by atoms with Gasteiger partial charge in [-0.05, 0) is 52.0 Å². The van der Waals surface area contributed by atoms with Crippen molar-refractivity contribution in [3.8, 4) is 0 Å². The summed E-state index contributed by atoms with van der Waals surface area (Å²) in [6, 6.07) is -12.2. The van der Waals surface area contributed by atoms with Gasteiger partial charge in [-0.1, -0.05) is 0 Å². The largest absolute Gasteiger partial charge is 0.480 e. The summed E-state index contributed by atoms with van der Waals surface area (Å²) in [5.74, 6) is -8.26. The van der Waals surface area contributed by atoms with E-state index in [-0.39, 0.29) is 30.9 Å². The van der Waals surface area contributed by atoms with Crippen molar-refractivity contribution in [1.82, 2.24) is 42.1 Å². The second kappa shape index (κ2) is 25.5. The van der Waals surface area contributed by atoms with Crippen LogP contribution in [0.5, 0.6) is 0 Å². The maximum Gasteiger partial charge on any atom is 0.327 e. The minimum atomic E-state index is -1.79. The van der Waals surface area contributed by atoms with Crippen molar-refractivity contribution in [2.24, 2.45) is 5.73 Å². The van der Waals surface area contributed by atoms with Crippen LogP contribution in [0.25, 0.3) is 0 Å². The Morgan fingerprint density at radius 2 is 1.25 bits per heavy atom. The number of thioether (sulfide) groups is 1. The molecule has 57 heavy (non-hydrogen) atoms. The van der Waals surface area contributed by atoms with Gasteiger partial charge < -0.3 is 68.3 Å². The van der Waals surface area contributed by atoms with Crippen LogP contribution in [0.4, 0.5) is 0 Å². The van der Waals surface area contributed by atoms with Crippen LogP contribution in [0, 0.1) is 0 Å². The van der Waals surface area contributed by atoms with Gasteiger partial charge in [0.1, 0.15) is 48.3 Å². The van der Waals surface area contributed by atoms with E-state index in [1.807, 2.05) is 0 Å². The molecule has 0 aliphatic carbocycles. The Bertz CT molecular complexity index is 1450. The van der Waals surface area contributed by atoms with Crippen LogP contribution < -0.4 is 43.0 Å². The molecule has 0 aromatic heterocycles. The quantitative estimate of drug-likeness (QED) is 0.0402. The number of aliphatic carboxylic acids is 1. The number of hydrogen-bond acceptors (Lipinski definition) is 16. The number of amides is 8. The van der Waals surface area contributed by atoms with Gasteiger partial charge in [-0.3, -0.25) is 38.4 Å². The average molecular weight is 870 g/mol. The molecule has 0 unspecified atom stereocenters. The first-order valence-electron chi connectivity index (χ1n) is 17.8. The molecule has 1 aliphatic rings. The first-order chi connectivity index (χ1) is 26.8. The molecule has 1 heterocycles. The minimum Gasteiger partial charge on any atom is -0.480 e. The molecular weight excluding hydrogens is 815 g/mol. The predicted molar refractivity (Wildman–Crippen MR) is 212 cm³/mol.